The molecule has 2 saturated carbocycles. The van der Waals surface area contributed by atoms with E-state index in [0.717, 1.165) is 38.5 Å². The van der Waals surface area contributed by atoms with Crippen LogP contribution in [0.15, 0.2) is 88.7 Å². The fourth-order valence-corrected chi connectivity index (χ4v) is 8.27. The molecule has 2 fully saturated rings. The Morgan fingerprint density at radius 2 is 1.64 bits per heavy atom. The second-order valence-electron chi connectivity index (χ2n) is 11.7. The number of ether oxygens (including phenoxy) is 3. The molecule has 5 rings (SSSR count). The van der Waals surface area contributed by atoms with Crippen molar-refractivity contribution in [2.45, 2.75) is 72.5 Å². The van der Waals surface area contributed by atoms with Crippen LogP contribution in [0.25, 0.3) is 4.85 Å². The first-order valence-electron chi connectivity index (χ1n) is 15.5. The molecule has 8 nitrogen and oxygen atoms in total. The summed E-state index contributed by atoms with van der Waals surface area (Å²) in [6.45, 7) is 9.13. The number of nitrogens with zero attached hydrogens (tertiary/aromatic N) is 1. The average Bonchev–Trinajstić information content (AvgIpc) is 3.53. The van der Waals surface area contributed by atoms with Crippen molar-refractivity contribution < 1.29 is 31.8 Å². The molecule has 3 aromatic carbocycles. The third-order valence-corrected chi connectivity index (χ3v) is 10.9. The molecule has 45 heavy (non-hydrogen) atoms. The van der Waals surface area contributed by atoms with Gasteiger partial charge in [-0.05, 0) is 93.5 Å². The molecule has 2 aliphatic rings. The van der Waals surface area contributed by atoms with Gasteiger partial charge >= 0.3 is 6.09 Å². The summed E-state index contributed by atoms with van der Waals surface area (Å²) in [4.78, 5) is 16.8. The van der Waals surface area contributed by atoms with E-state index in [1.165, 1.54) is 31.3 Å². The number of carbonyl (C=O) groups is 1. The van der Waals surface area contributed by atoms with Crippen molar-refractivity contribution >= 4 is 15.9 Å². The lowest BCUT2D eigenvalue weighted by Gasteiger charge is -2.40. The van der Waals surface area contributed by atoms with E-state index in [-0.39, 0.29) is 33.5 Å². The maximum atomic E-state index is 14.5. The molecule has 238 valence electrons. The Balaban J connectivity index is 1.18. The standard InChI is InChI=1S/C35H39FN2O6S/c1-37-34(39)44-33-13-7-12-32(33)35(38-2,26-8-6-9-27(36)24-26)25-14-16-28(17-15-25)42-22-23-43-29-18-20-31(21-19-29)45(40,41)30-10-4-3-5-11-30/h3-6,8-11,18-21,24-25,28,32-33H,7,12-17,22-23H2,1H3,(H,37,39). The van der Waals surface area contributed by atoms with Gasteiger partial charge in [-0.15, -0.1) is 0 Å². The van der Waals surface area contributed by atoms with Gasteiger partial charge in [0.1, 0.15) is 24.3 Å². The molecule has 0 aliphatic heterocycles. The molecule has 0 spiro atoms. The lowest BCUT2D eigenvalue weighted by Crippen LogP contribution is -2.46. The van der Waals surface area contributed by atoms with Gasteiger partial charge in [-0.25, -0.2) is 24.2 Å². The van der Waals surface area contributed by atoms with E-state index in [1.54, 1.807) is 48.5 Å². The highest BCUT2D eigenvalue weighted by Crippen LogP contribution is 2.53. The Hall–Kier alpha value is -3.94. The molecule has 1 amide bonds. The van der Waals surface area contributed by atoms with Crippen LogP contribution in [0.2, 0.25) is 0 Å². The molecule has 1 N–H and O–H groups in total. The van der Waals surface area contributed by atoms with Crippen LogP contribution in [0.4, 0.5) is 9.18 Å². The van der Waals surface area contributed by atoms with Gasteiger partial charge in [0.2, 0.25) is 9.84 Å². The molecule has 0 heterocycles. The molecular weight excluding hydrogens is 595 g/mol. The maximum Gasteiger partial charge on any atom is 0.407 e. The van der Waals surface area contributed by atoms with E-state index in [4.69, 9.17) is 20.8 Å². The number of rotatable bonds is 11. The summed E-state index contributed by atoms with van der Waals surface area (Å²) in [5, 5.41) is 2.52. The quantitative estimate of drug-likeness (QED) is 0.181. The highest BCUT2D eigenvalue weighted by Gasteiger charge is 2.59. The zero-order chi connectivity index (χ0) is 31.9. The monoisotopic (exact) mass is 634 g/mol. The van der Waals surface area contributed by atoms with Crippen LogP contribution >= 0.6 is 0 Å². The van der Waals surface area contributed by atoms with Crippen molar-refractivity contribution in [3.63, 3.8) is 0 Å². The fourth-order valence-electron chi connectivity index (χ4n) is 6.99. The summed E-state index contributed by atoms with van der Waals surface area (Å²) in [5.41, 5.74) is -0.360. The number of nitrogens with one attached hydrogen (secondary N) is 1. The van der Waals surface area contributed by atoms with Crippen LogP contribution in [-0.4, -0.2) is 47.0 Å². The Morgan fingerprint density at radius 1 is 0.933 bits per heavy atom. The summed E-state index contributed by atoms with van der Waals surface area (Å²) in [7, 11) is -2.07. The summed E-state index contributed by atoms with van der Waals surface area (Å²) in [5.74, 6) is -0.111. The SMILES string of the molecule is [C-]#[N+]C(c1cccc(F)c1)(C1CCC(OCCOc2ccc(S(=O)(=O)c3ccccc3)cc2)CC1)C1CCCC1OC(=O)NC. The molecule has 0 aromatic heterocycles. The fraction of sp³-hybridized carbons (Fsp3) is 0.429. The normalized spacial score (nSPS) is 23.0. The first kappa shape index (κ1) is 32.5. The lowest BCUT2D eigenvalue weighted by atomic mass is 9.63. The number of sulfone groups is 1. The zero-order valence-corrected chi connectivity index (χ0v) is 26.2. The summed E-state index contributed by atoms with van der Waals surface area (Å²) in [6, 6.07) is 21.0. The van der Waals surface area contributed by atoms with Crippen molar-refractivity contribution in [2.75, 3.05) is 20.3 Å². The third-order valence-electron chi connectivity index (χ3n) is 9.14. The number of hydrogen-bond donors (Lipinski definition) is 1. The molecule has 3 aromatic rings. The topological polar surface area (TPSA) is 95.3 Å². The van der Waals surface area contributed by atoms with Crippen molar-refractivity contribution in [1.29, 1.82) is 0 Å². The molecule has 2 aliphatic carbocycles. The molecule has 0 radical (unpaired) electrons. The van der Waals surface area contributed by atoms with Crippen molar-refractivity contribution in [3.05, 3.63) is 102 Å². The Morgan fingerprint density at radius 3 is 2.31 bits per heavy atom. The predicted octanol–water partition coefficient (Wildman–Crippen LogP) is 6.95. The van der Waals surface area contributed by atoms with Crippen LogP contribution in [0.3, 0.4) is 0 Å². The minimum absolute atomic E-state index is 0.000628. The summed E-state index contributed by atoms with van der Waals surface area (Å²) >= 11 is 0. The Bertz CT molecular complexity index is 1590. The second-order valence-corrected chi connectivity index (χ2v) is 13.6. The lowest BCUT2D eigenvalue weighted by molar-refractivity contribution is -0.0147. The van der Waals surface area contributed by atoms with Crippen LogP contribution in [0.5, 0.6) is 5.75 Å². The minimum atomic E-state index is -3.59. The highest BCUT2D eigenvalue weighted by atomic mass is 32.2. The number of halogens is 1. The van der Waals surface area contributed by atoms with Gasteiger partial charge in [-0.1, -0.05) is 30.3 Å². The van der Waals surface area contributed by atoms with Gasteiger partial charge in [-0.3, -0.25) is 0 Å². The van der Waals surface area contributed by atoms with E-state index in [9.17, 15) is 17.6 Å². The van der Waals surface area contributed by atoms with Gasteiger partial charge in [-0.2, -0.15) is 0 Å². The number of hydrogen-bond acceptors (Lipinski definition) is 6. The zero-order valence-electron chi connectivity index (χ0n) is 25.4. The number of amides is 1. The van der Waals surface area contributed by atoms with Gasteiger partial charge in [0.05, 0.1) is 28.4 Å². The van der Waals surface area contributed by atoms with E-state index in [0.29, 0.717) is 30.9 Å². The molecule has 0 bridgehead atoms. The largest absolute Gasteiger partial charge is 0.491 e. The van der Waals surface area contributed by atoms with Crippen molar-refractivity contribution in [3.8, 4) is 5.75 Å². The third kappa shape index (κ3) is 7.15. The van der Waals surface area contributed by atoms with Gasteiger partial charge in [0.25, 0.3) is 5.54 Å². The maximum absolute atomic E-state index is 14.5. The number of benzene rings is 3. The van der Waals surface area contributed by atoms with Crippen molar-refractivity contribution in [1.82, 2.24) is 5.32 Å². The first-order chi connectivity index (χ1) is 21.8. The Kier molecular flexibility index (Phi) is 10.4. The van der Waals surface area contributed by atoms with E-state index in [1.807, 2.05) is 6.07 Å². The number of carbonyl (C=O) groups excluding carboxylic acids is 1. The molecule has 3 atom stereocenters. The smallest absolute Gasteiger partial charge is 0.407 e. The highest BCUT2D eigenvalue weighted by molar-refractivity contribution is 7.91. The first-order valence-corrected chi connectivity index (χ1v) is 16.9. The van der Waals surface area contributed by atoms with E-state index >= 15 is 0 Å². The van der Waals surface area contributed by atoms with E-state index in [2.05, 4.69) is 10.2 Å². The molecule has 0 saturated heterocycles. The molecule has 10 heteroatoms. The van der Waals surface area contributed by atoms with Gasteiger partial charge < -0.3 is 24.4 Å². The minimum Gasteiger partial charge on any atom is -0.491 e. The van der Waals surface area contributed by atoms with E-state index < -0.39 is 27.6 Å². The van der Waals surface area contributed by atoms with Gasteiger partial charge in [0, 0.05) is 18.5 Å². The number of alkyl carbamates (subject to hydrolysis) is 1. The summed E-state index contributed by atoms with van der Waals surface area (Å²) in [6.07, 6.45) is 4.26. The van der Waals surface area contributed by atoms with Gasteiger partial charge in [0.15, 0.2) is 0 Å². The van der Waals surface area contributed by atoms with Crippen LogP contribution in [0, 0.1) is 24.2 Å². The summed E-state index contributed by atoms with van der Waals surface area (Å²) < 4.78 is 57.8. The van der Waals surface area contributed by atoms with Crippen LogP contribution in [-0.2, 0) is 24.8 Å². The van der Waals surface area contributed by atoms with Crippen LogP contribution in [0.1, 0.15) is 50.5 Å². The van der Waals surface area contributed by atoms with Crippen LogP contribution < -0.4 is 10.1 Å². The average molecular weight is 635 g/mol. The second kappa shape index (κ2) is 14.4. The molecular formula is C35H39FN2O6S. The Labute approximate surface area is 264 Å². The molecule has 3 unspecified atom stereocenters. The van der Waals surface area contributed by atoms with Crippen molar-refractivity contribution in [2.24, 2.45) is 11.8 Å². The predicted molar refractivity (Wildman–Crippen MR) is 167 cm³/mol.